The van der Waals surface area contributed by atoms with Crippen LogP contribution < -0.4 is 5.32 Å². The maximum Gasteiger partial charge on any atom is 0.125 e. The van der Waals surface area contributed by atoms with Crippen LogP contribution in [0.25, 0.3) is 0 Å². The molecule has 130 valence electrons. The highest BCUT2D eigenvalue weighted by atomic mass is 16.5. The SMILES string of the molecule is COCc1cccc(CNC(c2nccn2C)C2CCOCC2)c1. The molecule has 24 heavy (non-hydrogen) atoms. The normalized spacial score (nSPS) is 17.1. The van der Waals surface area contributed by atoms with Gasteiger partial charge in [-0.2, -0.15) is 0 Å². The average Bonchev–Trinajstić information content (AvgIpc) is 3.03. The summed E-state index contributed by atoms with van der Waals surface area (Å²) in [7, 11) is 3.79. The Morgan fingerprint density at radius 2 is 2.12 bits per heavy atom. The van der Waals surface area contributed by atoms with Crippen LogP contribution >= 0.6 is 0 Å². The molecule has 0 aliphatic carbocycles. The summed E-state index contributed by atoms with van der Waals surface area (Å²) < 4.78 is 12.9. The second kappa shape index (κ2) is 8.42. The van der Waals surface area contributed by atoms with Gasteiger partial charge in [0.15, 0.2) is 0 Å². The first kappa shape index (κ1) is 17.1. The zero-order chi connectivity index (χ0) is 16.8. The number of hydrogen-bond acceptors (Lipinski definition) is 4. The van der Waals surface area contributed by atoms with E-state index in [2.05, 4.69) is 46.2 Å². The third kappa shape index (κ3) is 4.23. The van der Waals surface area contributed by atoms with Gasteiger partial charge in [0.05, 0.1) is 12.6 Å². The van der Waals surface area contributed by atoms with Gasteiger partial charge in [-0.1, -0.05) is 24.3 Å². The van der Waals surface area contributed by atoms with E-state index in [1.165, 1.54) is 11.1 Å². The van der Waals surface area contributed by atoms with Crippen LogP contribution in [0.5, 0.6) is 0 Å². The van der Waals surface area contributed by atoms with Crippen LogP contribution in [0.15, 0.2) is 36.7 Å². The summed E-state index contributed by atoms with van der Waals surface area (Å²) in [5, 5.41) is 3.74. The number of nitrogens with one attached hydrogen (secondary N) is 1. The molecule has 0 bridgehead atoms. The molecule has 1 unspecified atom stereocenters. The summed E-state index contributed by atoms with van der Waals surface area (Å²) in [5.41, 5.74) is 2.48. The number of methoxy groups -OCH3 is 1. The topological polar surface area (TPSA) is 48.3 Å². The van der Waals surface area contributed by atoms with Crippen molar-refractivity contribution in [1.29, 1.82) is 0 Å². The van der Waals surface area contributed by atoms with Crippen molar-refractivity contribution in [2.75, 3.05) is 20.3 Å². The van der Waals surface area contributed by atoms with Crippen LogP contribution in [0, 0.1) is 5.92 Å². The summed E-state index contributed by atoms with van der Waals surface area (Å²) in [4.78, 5) is 4.59. The minimum Gasteiger partial charge on any atom is -0.381 e. The monoisotopic (exact) mass is 329 g/mol. The van der Waals surface area contributed by atoms with E-state index in [4.69, 9.17) is 9.47 Å². The van der Waals surface area contributed by atoms with Crippen molar-refractivity contribution in [2.45, 2.75) is 32.0 Å². The van der Waals surface area contributed by atoms with Crippen molar-refractivity contribution < 1.29 is 9.47 Å². The molecule has 1 atom stereocenters. The lowest BCUT2D eigenvalue weighted by Gasteiger charge is -2.30. The number of benzene rings is 1. The van der Waals surface area contributed by atoms with Crippen molar-refractivity contribution in [1.82, 2.24) is 14.9 Å². The summed E-state index contributed by atoms with van der Waals surface area (Å²) >= 11 is 0. The van der Waals surface area contributed by atoms with E-state index < -0.39 is 0 Å². The lowest BCUT2D eigenvalue weighted by Crippen LogP contribution is -2.33. The van der Waals surface area contributed by atoms with E-state index in [0.29, 0.717) is 12.5 Å². The number of rotatable bonds is 7. The Morgan fingerprint density at radius 3 is 2.83 bits per heavy atom. The van der Waals surface area contributed by atoms with Crippen LogP contribution in [-0.4, -0.2) is 29.9 Å². The van der Waals surface area contributed by atoms with Crippen molar-refractivity contribution >= 4 is 0 Å². The van der Waals surface area contributed by atoms with Crippen molar-refractivity contribution in [3.8, 4) is 0 Å². The Hall–Kier alpha value is -1.69. The third-order valence-electron chi connectivity index (χ3n) is 4.70. The van der Waals surface area contributed by atoms with Gasteiger partial charge >= 0.3 is 0 Å². The predicted octanol–water partition coefficient (Wildman–Crippen LogP) is 2.82. The highest BCUT2D eigenvalue weighted by Crippen LogP contribution is 2.29. The standard InChI is InChI=1S/C19H27N3O2/c1-22-9-8-20-19(22)18(17-6-10-24-11-7-17)21-13-15-4-3-5-16(12-15)14-23-2/h3-5,8-9,12,17-18,21H,6-7,10-11,13-14H2,1-2H3. The van der Waals surface area contributed by atoms with Crippen LogP contribution in [0.2, 0.25) is 0 Å². The Labute approximate surface area is 144 Å². The zero-order valence-electron chi connectivity index (χ0n) is 14.6. The van der Waals surface area contributed by atoms with Crippen LogP contribution in [0.3, 0.4) is 0 Å². The maximum atomic E-state index is 5.53. The molecular weight excluding hydrogens is 302 g/mol. The Balaban J connectivity index is 1.72. The molecule has 1 aliphatic heterocycles. The largest absolute Gasteiger partial charge is 0.381 e. The predicted molar refractivity (Wildman–Crippen MR) is 93.5 cm³/mol. The Kier molecular flexibility index (Phi) is 6.01. The van der Waals surface area contributed by atoms with E-state index in [1.807, 2.05) is 12.4 Å². The van der Waals surface area contributed by atoms with Gasteiger partial charge in [0.1, 0.15) is 5.82 Å². The van der Waals surface area contributed by atoms with Gasteiger partial charge in [-0.05, 0) is 29.9 Å². The number of nitrogens with zero attached hydrogens (tertiary/aromatic N) is 2. The van der Waals surface area contributed by atoms with Gasteiger partial charge in [0.2, 0.25) is 0 Å². The molecule has 3 rings (SSSR count). The van der Waals surface area contributed by atoms with Gasteiger partial charge in [-0.25, -0.2) is 4.98 Å². The number of aryl methyl sites for hydroxylation is 1. The molecule has 2 aromatic rings. The lowest BCUT2D eigenvalue weighted by atomic mass is 9.91. The summed E-state index contributed by atoms with van der Waals surface area (Å²) in [6.45, 7) is 3.16. The fourth-order valence-corrected chi connectivity index (χ4v) is 3.42. The second-order valence-corrected chi connectivity index (χ2v) is 6.46. The van der Waals surface area contributed by atoms with Crippen LogP contribution in [0.4, 0.5) is 0 Å². The quantitative estimate of drug-likeness (QED) is 0.848. The van der Waals surface area contributed by atoms with Gasteiger partial charge in [0, 0.05) is 46.3 Å². The molecular formula is C19H27N3O2. The smallest absolute Gasteiger partial charge is 0.125 e. The highest BCUT2D eigenvalue weighted by molar-refractivity contribution is 5.23. The minimum atomic E-state index is 0.250. The van der Waals surface area contributed by atoms with Crippen molar-refractivity contribution in [3.05, 3.63) is 53.6 Å². The van der Waals surface area contributed by atoms with Crippen LogP contribution in [0.1, 0.15) is 35.8 Å². The molecule has 1 N–H and O–H groups in total. The molecule has 1 fully saturated rings. The minimum absolute atomic E-state index is 0.250. The highest BCUT2D eigenvalue weighted by Gasteiger charge is 2.27. The molecule has 1 saturated heterocycles. The van der Waals surface area contributed by atoms with E-state index in [1.54, 1.807) is 7.11 Å². The van der Waals surface area contributed by atoms with Crippen molar-refractivity contribution in [3.63, 3.8) is 0 Å². The van der Waals surface area contributed by atoms with E-state index in [-0.39, 0.29) is 6.04 Å². The van der Waals surface area contributed by atoms with Gasteiger partial charge in [-0.15, -0.1) is 0 Å². The van der Waals surface area contributed by atoms with Gasteiger partial charge in [0.25, 0.3) is 0 Å². The molecule has 1 aromatic heterocycles. The Morgan fingerprint density at radius 1 is 1.33 bits per heavy atom. The van der Waals surface area contributed by atoms with E-state index in [0.717, 1.165) is 38.4 Å². The molecule has 0 radical (unpaired) electrons. The number of ether oxygens (including phenoxy) is 2. The average molecular weight is 329 g/mol. The second-order valence-electron chi connectivity index (χ2n) is 6.46. The summed E-state index contributed by atoms with van der Waals surface area (Å²) in [6, 6.07) is 8.80. The molecule has 5 nitrogen and oxygen atoms in total. The van der Waals surface area contributed by atoms with E-state index >= 15 is 0 Å². The lowest BCUT2D eigenvalue weighted by molar-refractivity contribution is 0.0518. The van der Waals surface area contributed by atoms with Gasteiger partial charge in [-0.3, -0.25) is 0 Å². The molecule has 1 aromatic carbocycles. The first-order valence-corrected chi connectivity index (χ1v) is 8.63. The number of imidazole rings is 1. The number of hydrogen-bond donors (Lipinski definition) is 1. The van der Waals surface area contributed by atoms with Gasteiger partial charge < -0.3 is 19.4 Å². The molecule has 5 heteroatoms. The fourth-order valence-electron chi connectivity index (χ4n) is 3.42. The first-order valence-electron chi connectivity index (χ1n) is 8.63. The molecule has 0 spiro atoms. The molecule has 2 heterocycles. The molecule has 0 amide bonds. The molecule has 0 saturated carbocycles. The third-order valence-corrected chi connectivity index (χ3v) is 4.70. The zero-order valence-corrected chi connectivity index (χ0v) is 14.6. The first-order chi connectivity index (χ1) is 11.8. The fraction of sp³-hybridized carbons (Fsp3) is 0.526. The Bertz CT molecular complexity index is 635. The van der Waals surface area contributed by atoms with E-state index in [9.17, 15) is 0 Å². The summed E-state index contributed by atoms with van der Waals surface area (Å²) in [5.74, 6) is 1.66. The summed E-state index contributed by atoms with van der Waals surface area (Å²) in [6.07, 6.45) is 6.05. The van der Waals surface area contributed by atoms with Crippen LogP contribution in [-0.2, 0) is 29.7 Å². The molecule has 1 aliphatic rings. The maximum absolute atomic E-state index is 5.53. The van der Waals surface area contributed by atoms with Crippen molar-refractivity contribution in [2.24, 2.45) is 13.0 Å². The number of aromatic nitrogens is 2.